The SMILES string of the molecule is CC(=O)c1cc2cccc(OCC(O)CNC(C)C)c2o1.CC(C)(C)NCC(O)COc1cccc2c1CCC(=O)N2. The highest BCUT2D eigenvalue weighted by Crippen LogP contribution is 2.31. The highest BCUT2D eigenvalue weighted by molar-refractivity contribution is 5.97. The molecule has 0 saturated heterocycles. The molecule has 0 saturated carbocycles. The van der Waals surface area contributed by atoms with Crippen LogP contribution < -0.4 is 25.4 Å². The van der Waals surface area contributed by atoms with Gasteiger partial charge >= 0.3 is 0 Å². The first-order valence-electron chi connectivity index (χ1n) is 14.4. The number of benzene rings is 2. The third kappa shape index (κ3) is 10.4. The van der Waals surface area contributed by atoms with Crippen LogP contribution in [0.4, 0.5) is 5.69 Å². The van der Waals surface area contributed by atoms with Crippen LogP contribution in [-0.4, -0.2) is 72.0 Å². The molecule has 10 heteroatoms. The monoisotopic (exact) mass is 583 g/mol. The number of aliphatic hydroxyl groups is 2. The maximum atomic E-state index is 11.4. The fourth-order valence-electron chi connectivity index (χ4n) is 4.14. The molecule has 0 spiro atoms. The molecule has 42 heavy (non-hydrogen) atoms. The highest BCUT2D eigenvalue weighted by atomic mass is 16.5. The molecule has 1 aliphatic rings. The molecule has 0 aliphatic carbocycles. The average molecular weight is 584 g/mol. The minimum Gasteiger partial charge on any atom is -0.490 e. The smallest absolute Gasteiger partial charge is 0.224 e. The van der Waals surface area contributed by atoms with E-state index in [0.717, 1.165) is 22.4 Å². The van der Waals surface area contributed by atoms with Crippen LogP contribution in [0.2, 0.25) is 0 Å². The Morgan fingerprint density at radius 1 is 1.00 bits per heavy atom. The molecular weight excluding hydrogens is 538 g/mol. The van der Waals surface area contributed by atoms with E-state index in [1.165, 1.54) is 6.92 Å². The summed E-state index contributed by atoms with van der Waals surface area (Å²) < 4.78 is 16.9. The summed E-state index contributed by atoms with van der Waals surface area (Å²) in [6.07, 6.45) is -0.0296. The Morgan fingerprint density at radius 3 is 2.31 bits per heavy atom. The molecule has 2 heterocycles. The van der Waals surface area contributed by atoms with Crippen LogP contribution in [0.25, 0.3) is 11.0 Å². The molecule has 2 aromatic carbocycles. The normalized spacial score (nSPS) is 14.5. The Balaban J connectivity index is 0.000000230. The van der Waals surface area contributed by atoms with E-state index in [2.05, 4.69) is 36.7 Å². The van der Waals surface area contributed by atoms with Crippen LogP contribution in [0.15, 0.2) is 46.9 Å². The van der Waals surface area contributed by atoms with Gasteiger partial charge in [-0.25, -0.2) is 0 Å². The van der Waals surface area contributed by atoms with E-state index in [1.54, 1.807) is 12.1 Å². The summed E-state index contributed by atoms with van der Waals surface area (Å²) in [5.74, 6) is 1.49. The summed E-state index contributed by atoms with van der Waals surface area (Å²) in [7, 11) is 0. The van der Waals surface area contributed by atoms with E-state index < -0.39 is 12.2 Å². The van der Waals surface area contributed by atoms with Crippen molar-refractivity contribution in [2.45, 2.75) is 78.2 Å². The van der Waals surface area contributed by atoms with E-state index in [9.17, 15) is 19.8 Å². The van der Waals surface area contributed by atoms with E-state index in [0.29, 0.717) is 49.1 Å². The molecule has 1 aliphatic heterocycles. The predicted molar refractivity (Wildman–Crippen MR) is 164 cm³/mol. The van der Waals surface area contributed by atoms with Crippen molar-refractivity contribution in [3.8, 4) is 11.5 Å². The number of hydrogen-bond acceptors (Lipinski definition) is 9. The number of carbonyl (C=O) groups is 2. The van der Waals surface area contributed by atoms with Crippen molar-refractivity contribution in [2.75, 3.05) is 31.6 Å². The number of fused-ring (bicyclic) bond motifs is 2. The fourth-order valence-corrected chi connectivity index (χ4v) is 4.14. The quantitative estimate of drug-likeness (QED) is 0.199. The first-order chi connectivity index (χ1) is 19.8. The first kappa shape index (κ1) is 33.1. The average Bonchev–Trinajstić information content (AvgIpc) is 3.38. The predicted octanol–water partition coefficient (Wildman–Crippen LogP) is 4.07. The number of rotatable bonds is 12. The first-order valence-corrected chi connectivity index (χ1v) is 14.4. The van der Waals surface area contributed by atoms with Gasteiger partial charge in [-0.05, 0) is 51.5 Å². The largest absolute Gasteiger partial charge is 0.490 e. The maximum Gasteiger partial charge on any atom is 0.224 e. The summed E-state index contributed by atoms with van der Waals surface area (Å²) in [5.41, 5.74) is 2.32. The second-order valence-corrected chi connectivity index (χ2v) is 11.8. The zero-order chi connectivity index (χ0) is 30.9. The van der Waals surface area contributed by atoms with Crippen molar-refractivity contribution in [3.63, 3.8) is 0 Å². The molecular formula is C32H45N3O7. The van der Waals surface area contributed by atoms with Gasteiger partial charge in [0.2, 0.25) is 5.91 Å². The number of furan rings is 1. The third-order valence-corrected chi connectivity index (χ3v) is 6.36. The summed E-state index contributed by atoms with van der Waals surface area (Å²) >= 11 is 0. The van der Waals surface area contributed by atoms with Crippen molar-refractivity contribution in [2.24, 2.45) is 0 Å². The molecule has 0 bridgehead atoms. The van der Waals surface area contributed by atoms with Gasteiger partial charge in [0.05, 0.1) is 0 Å². The van der Waals surface area contributed by atoms with Crippen LogP contribution >= 0.6 is 0 Å². The number of aliphatic hydroxyl groups excluding tert-OH is 2. The van der Waals surface area contributed by atoms with Crippen molar-refractivity contribution < 1.29 is 33.7 Å². The number of Topliss-reactive ketones (excluding diaryl/α,β-unsaturated/α-hetero) is 1. The van der Waals surface area contributed by atoms with Gasteiger partial charge in [0, 0.05) is 54.7 Å². The fraction of sp³-hybridized carbons (Fsp3) is 0.500. The Morgan fingerprint density at radius 2 is 1.64 bits per heavy atom. The summed E-state index contributed by atoms with van der Waals surface area (Å²) in [6.45, 7) is 13.0. The number of β-amino-alcohol motifs (C(OH)–C–C–N with tert-alkyl or cyclic N) is 1. The number of anilines is 1. The van der Waals surface area contributed by atoms with E-state index in [4.69, 9.17) is 13.9 Å². The molecule has 3 aromatic rings. The number of nitrogens with one attached hydrogen (secondary N) is 3. The van der Waals surface area contributed by atoms with E-state index >= 15 is 0 Å². The van der Waals surface area contributed by atoms with Gasteiger partial charge in [-0.15, -0.1) is 0 Å². The topological polar surface area (TPSA) is 142 Å². The van der Waals surface area contributed by atoms with Gasteiger partial charge in [-0.3, -0.25) is 9.59 Å². The van der Waals surface area contributed by atoms with Crippen LogP contribution in [-0.2, 0) is 11.2 Å². The lowest BCUT2D eigenvalue weighted by molar-refractivity contribution is -0.116. The highest BCUT2D eigenvalue weighted by Gasteiger charge is 2.19. The van der Waals surface area contributed by atoms with Crippen molar-refractivity contribution >= 4 is 28.3 Å². The van der Waals surface area contributed by atoms with Crippen LogP contribution in [0, 0.1) is 0 Å². The minimum atomic E-state index is -0.607. The van der Waals surface area contributed by atoms with Crippen LogP contribution in [0.3, 0.4) is 0 Å². The van der Waals surface area contributed by atoms with Crippen molar-refractivity contribution in [3.05, 3.63) is 53.8 Å². The molecule has 230 valence electrons. The third-order valence-electron chi connectivity index (χ3n) is 6.36. The van der Waals surface area contributed by atoms with Crippen LogP contribution in [0.1, 0.15) is 64.1 Å². The zero-order valence-electron chi connectivity index (χ0n) is 25.5. The zero-order valence-corrected chi connectivity index (χ0v) is 25.5. The number of para-hydroxylation sites is 1. The Kier molecular flexibility index (Phi) is 11.9. The summed E-state index contributed by atoms with van der Waals surface area (Å²) in [6, 6.07) is 13.0. The van der Waals surface area contributed by atoms with Gasteiger partial charge < -0.3 is 40.1 Å². The van der Waals surface area contributed by atoms with Gasteiger partial charge in [0.25, 0.3) is 0 Å². The Bertz CT molecular complexity index is 1330. The van der Waals surface area contributed by atoms with Crippen molar-refractivity contribution in [1.29, 1.82) is 0 Å². The number of amides is 1. The number of carbonyl (C=O) groups excluding carboxylic acids is 2. The molecule has 1 amide bonds. The minimum absolute atomic E-state index is 0.0306. The lowest BCUT2D eigenvalue weighted by Crippen LogP contribution is -2.42. The standard InChI is InChI=1S/C16H24N2O3.C16H21NO4/c1-16(2,3)17-9-11(19)10-21-14-6-4-5-13-12(14)7-8-15(20)18-13;1-10(2)17-8-13(19)9-20-14-6-4-5-12-7-15(11(3)18)21-16(12)14/h4-6,11,17,19H,7-10H2,1-3H3,(H,18,20);4-7,10,13,17,19H,8-9H2,1-3H3. The van der Waals surface area contributed by atoms with E-state index in [1.807, 2.05) is 44.2 Å². The molecule has 2 atom stereocenters. The van der Waals surface area contributed by atoms with Gasteiger partial charge in [0.1, 0.15) is 31.2 Å². The second kappa shape index (κ2) is 15.2. The molecule has 5 N–H and O–H groups in total. The molecule has 2 unspecified atom stereocenters. The summed E-state index contributed by atoms with van der Waals surface area (Å²) in [5, 5.41) is 29.8. The number of hydrogen-bond donors (Lipinski definition) is 5. The Labute approximate surface area is 247 Å². The maximum absolute atomic E-state index is 11.4. The lowest BCUT2D eigenvalue weighted by Gasteiger charge is -2.24. The lowest BCUT2D eigenvalue weighted by atomic mass is 10.0. The Hall–Kier alpha value is -3.44. The molecule has 1 aromatic heterocycles. The molecule has 10 nitrogen and oxygen atoms in total. The molecule has 4 rings (SSSR count). The number of ketones is 1. The number of ether oxygens (including phenoxy) is 2. The van der Waals surface area contributed by atoms with Gasteiger partial charge in [-0.1, -0.05) is 32.0 Å². The second-order valence-electron chi connectivity index (χ2n) is 11.8. The van der Waals surface area contributed by atoms with E-state index in [-0.39, 0.29) is 30.4 Å². The van der Waals surface area contributed by atoms with Gasteiger partial charge in [-0.2, -0.15) is 0 Å². The summed E-state index contributed by atoms with van der Waals surface area (Å²) in [4.78, 5) is 22.7. The van der Waals surface area contributed by atoms with Gasteiger partial charge in [0.15, 0.2) is 22.9 Å². The molecule has 0 fully saturated rings. The van der Waals surface area contributed by atoms with Crippen LogP contribution in [0.5, 0.6) is 11.5 Å². The van der Waals surface area contributed by atoms with Crippen molar-refractivity contribution in [1.82, 2.24) is 10.6 Å². The molecule has 0 radical (unpaired) electrons.